The van der Waals surface area contributed by atoms with Crippen LogP contribution in [0.1, 0.15) is 30.6 Å². The molecule has 3 unspecified atom stereocenters. The van der Waals surface area contributed by atoms with E-state index in [0.717, 1.165) is 17.4 Å². The number of carbonyl (C=O) groups is 1. The van der Waals surface area contributed by atoms with Crippen molar-refractivity contribution in [1.29, 1.82) is 0 Å². The van der Waals surface area contributed by atoms with Gasteiger partial charge >= 0.3 is 0 Å². The molecule has 0 aromatic heterocycles. The Morgan fingerprint density at radius 1 is 1.33 bits per heavy atom. The first kappa shape index (κ1) is 13.6. The molecule has 0 bridgehead atoms. The van der Waals surface area contributed by atoms with Gasteiger partial charge in [-0.1, -0.05) is 22.9 Å². The number of hydrogen-bond acceptors (Lipinski definition) is 2. The Balaban J connectivity index is 2.04. The zero-order chi connectivity index (χ0) is 13.1. The molecule has 2 rings (SSSR count). The number of carbonyl (C=O) groups excluding carboxylic acids is 1. The number of hydrogen-bond donors (Lipinski definition) is 2. The fourth-order valence-corrected chi connectivity index (χ4v) is 2.71. The molecule has 1 saturated heterocycles. The van der Waals surface area contributed by atoms with E-state index in [1.54, 1.807) is 0 Å². The molecule has 0 aliphatic carbocycles. The Morgan fingerprint density at radius 3 is 2.61 bits per heavy atom. The Morgan fingerprint density at radius 2 is 2.00 bits per heavy atom. The summed E-state index contributed by atoms with van der Waals surface area (Å²) in [5.41, 5.74) is 0.711. The van der Waals surface area contributed by atoms with E-state index >= 15 is 0 Å². The van der Waals surface area contributed by atoms with Crippen molar-refractivity contribution in [2.45, 2.75) is 32.4 Å². The summed E-state index contributed by atoms with van der Waals surface area (Å²) in [6, 6.07) is 7.99. The molecule has 1 aliphatic heterocycles. The minimum atomic E-state index is 0.00917. The molecule has 1 aliphatic rings. The predicted octanol–water partition coefficient (Wildman–Crippen LogP) is 2.57. The van der Waals surface area contributed by atoms with Crippen molar-refractivity contribution in [2.75, 3.05) is 6.54 Å². The van der Waals surface area contributed by atoms with Gasteiger partial charge in [0.15, 0.2) is 0 Å². The number of benzene rings is 1. The maximum atomic E-state index is 12.2. The molecule has 1 amide bonds. The van der Waals surface area contributed by atoms with E-state index in [0.29, 0.717) is 17.5 Å². The molecule has 3 atom stereocenters. The van der Waals surface area contributed by atoms with Gasteiger partial charge in [-0.2, -0.15) is 0 Å². The Bertz CT molecular complexity index is 408. The zero-order valence-electron chi connectivity index (χ0n) is 10.7. The van der Waals surface area contributed by atoms with Gasteiger partial charge in [-0.05, 0) is 50.1 Å². The van der Waals surface area contributed by atoms with Gasteiger partial charge < -0.3 is 10.6 Å². The van der Waals surface area contributed by atoms with Gasteiger partial charge in [-0.15, -0.1) is 0 Å². The van der Waals surface area contributed by atoms with E-state index < -0.39 is 0 Å². The first-order chi connectivity index (χ1) is 8.58. The minimum absolute atomic E-state index is 0.00917. The van der Waals surface area contributed by atoms with Gasteiger partial charge in [0.25, 0.3) is 5.91 Å². The second kappa shape index (κ2) is 5.85. The normalized spacial score (nSPS) is 27.8. The van der Waals surface area contributed by atoms with Crippen LogP contribution in [0.2, 0.25) is 0 Å². The van der Waals surface area contributed by atoms with Crippen molar-refractivity contribution in [2.24, 2.45) is 5.92 Å². The van der Waals surface area contributed by atoms with E-state index in [1.807, 2.05) is 24.3 Å². The van der Waals surface area contributed by atoms with Gasteiger partial charge in [0, 0.05) is 22.1 Å². The number of halogens is 1. The Kier molecular flexibility index (Phi) is 4.40. The fraction of sp³-hybridized carbons (Fsp3) is 0.500. The van der Waals surface area contributed by atoms with Gasteiger partial charge in [0.2, 0.25) is 0 Å². The van der Waals surface area contributed by atoms with E-state index in [9.17, 15) is 4.79 Å². The highest BCUT2D eigenvalue weighted by Gasteiger charge is 2.28. The van der Waals surface area contributed by atoms with Crippen LogP contribution in [0.5, 0.6) is 0 Å². The van der Waals surface area contributed by atoms with Crippen molar-refractivity contribution in [1.82, 2.24) is 10.6 Å². The lowest BCUT2D eigenvalue weighted by Crippen LogP contribution is -2.55. The smallest absolute Gasteiger partial charge is 0.251 e. The van der Waals surface area contributed by atoms with E-state index in [-0.39, 0.29) is 11.9 Å². The molecule has 98 valence electrons. The third-order valence-electron chi connectivity index (χ3n) is 3.62. The molecule has 0 spiro atoms. The highest BCUT2D eigenvalue weighted by Crippen LogP contribution is 2.17. The van der Waals surface area contributed by atoms with Gasteiger partial charge in [0.05, 0.1) is 0 Å². The predicted molar refractivity (Wildman–Crippen MR) is 76.6 cm³/mol. The lowest BCUT2D eigenvalue weighted by atomic mass is 9.89. The quantitative estimate of drug-likeness (QED) is 0.881. The summed E-state index contributed by atoms with van der Waals surface area (Å²) in [6.45, 7) is 5.36. The largest absolute Gasteiger partial charge is 0.347 e. The summed E-state index contributed by atoms with van der Waals surface area (Å²) in [4.78, 5) is 12.2. The summed E-state index contributed by atoms with van der Waals surface area (Å²) in [7, 11) is 0. The molecular formula is C14H19BrN2O. The highest BCUT2D eigenvalue weighted by atomic mass is 79.9. The molecule has 3 nitrogen and oxygen atoms in total. The third kappa shape index (κ3) is 3.12. The second-order valence-corrected chi connectivity index (χ2v) is 5.93. The maximum Gasteiger partial charge on any atom is 0.251 e. The number of amides is 1. The lowest BCUT2D eigenvalue weighted by molar-refractivity contribution is 0.0897. The Labute approximate surface area is 116 Å². The summed E-state index contributed by atoms with van der Waals surface area (Å²) in [6.07, 6.45) is 1.11. The average Bonchev–Trinajstić information content (AvgIpc) is 2.34. The first-order valence-electron chi connectivity index (χ1n) is 6.37. The van der Waals surface area contributed by atoms with Crippen molar-refractivity contribution in [3.8, 4) is 0 Å². The number of piperidine rings is 1. The van der Waals surface area contributed by atoms with Gasteiger partial charge in [0.1, 0.15) is 0 Å². The van der Waals surface area contributed by atoms with Gasteiger partial charge in [-0.25, -0.2) is 0 Å². The monoisotopic (exact) mass is 310 g/mol. The fourth-order valence-electron chi connectivity index (χ4n) is 2.44. The van der Waals surface area contributed by atoms with E-state index in [2.05, 4.69) is 40.4 Å². The van der Waals surface area contributed by atoms with Crippen LogP contribution in [0.25, 0.3) is 0 Å². The molecule has 4 heteroatoms. The molecule has 0 saturated carbocycles. The molecule has 1 aromatic carbocycles. The average molecular weight is 311 g/mol. The molecular weight excluding hydrogens is 292 g/mol. The molecule has 1 heterocycles. The molecule has 1 fully saturated rings. The van der Waals surface area contributed by atoms with Crippen molar-refractivity contribution in [3.63, 3.8) is 0 Å². The summed E-state index contributed by atoms with van der Waals surface area (Å²) in [5.74, 6) is 0.524. The Hall–Kier alpha value is -0.870. The van der Waals surface area contributed by atoms with Crippen LogP contribution in [0.15, 0.2) is 28.7 Å². The standard InChI is InChI=1S/C14H19BrN2O/c1-9-7-8-16-10(2)13(9)17-14(18)11-3-5-12(15)6-4-11/h3-6,9-10,13,16H,7-8H2,1-2H3,(H,17,18). The van der Waals surface area contributed by atoms with E-state index in [4.69, 9.17) is 0 Å². The van der Waals surface area contributed by atoms with Crippen LogP contribution >= 0.6 is 15.9 Å². The summed E-state index contributed by atoms with van der Waals surface area (Å²) in [5, 5.41) is 6.54. The third-order valence-corrected chi connectivity index (χ3v) is 4.15. The van der Waals surface area contributed by atoms with Crippen LogP contribution in [0.3, 0.4) is 0 Å². The van der Waals surface area contributed by atoms with Crippen LogP contribution in [0.4, 0.5) is 0 Å². The van der Waals surface area contributed by atoms with Crippen LogP contribution in [-0.4, -0.2) is 24.5 Å². The first-order valence-corrected chi connectivity index (χ1v) is 7.17. The molecule has 18 heavy (non-hydrogen) atoms. The second-order valence-electron chi connectivity index (χ2n) is 5.01. The summed E-state index contributed by atoms with van der Waals surface area (Å²) < 4.78 is 0.986. The van der Waals surface area contributed by atoms with Crippen LogP contribution < -0.4 is 10.6 Å². The molecule has 0 radical (unpaired) electrons. The maximum absolute atomic E-state index is 12.2. The SMILES string of the molecule is CC1CCNC(C)C1NC(=O)c1ccc(Br)cc1. The number of nitrogens with one attached hydrogen (secondary N) is 2. The topological polar surface area (TPSA) is 41.1 Å². The van der Waals surface area contributed by atoms with Crippen molar-refractivity contribution >= 4 is 21.8 Å². The zero-order valence-corrected chi connectivity index (χ0v) is 12.3. The van der Waals surface area contributed by atoms with E-state index in [1.165, 1.54) is 0 Å². The van der Waals surface area contributed by atoms with Gasteiger partial charge in [-0.3, -0.25) is 4.79 Å². The van der Waals surface area contributed by atoms with Crippen LogP contribution in [-0.2, 0) is 0 Å². The van der Waals surface area contributed by atoms with Crippen molar-refractivity contribution < 1.29 is 4.79 Å². The number of rotatable bonds is 2. The van der Waals surface area contributed by atoms with Crippen LogP contribution in [0, 0.1) is 5.92 Å². The molecule has 1 aromatic rings. The highest BCUT2D eigenvalue weighted by molar-refractivity contribution is 9.10. The lowest BCUT2D eigenvalue weighted by Gasteiger charge is -2.36. The van der Waals surface area contributed by atoms with Crippen molar-refractivity contribution in [3.05, 3.63) is 34.3 Å². The minimum Gasteiger partial charge on any atom is -0.347 e. The summed E-state index contributed by atoms with van der Waals surface area (Å²) >= 11 is 3.37. The molecule has 2 N–H and O–H groups in total.